The van der Waals surface area contributed by atoms with Crippen LogP contribution in [0.2, 0.25) is 0 Å². The standard InChI is InChI=1S/C16H19ClN2/c17-15-5-3-13(9-15)11-18-10-12-4-6-16-14(8-12)2-1-7-19-16/h1-2,4,6-8,13,15,18H,3,5,9-11H2. The molecule has 0 spiro atoms. The van der Waals surface area contributed by atoms with E-state index in [1.165, 1.54) is 23.8 Å². The van der Waals surface area contributed by atoms with Gasteiger partial charge in [-0.3, -0.25) is 4.98 Å². The number of nitrogens with zero attached hydrogens (tertiary/aromatic N) is 1. The van der Waals surface area contributed by atoms with E-state index in [0.29, 0.717) is 5.38 Å². The summed E-state index contributed by atoms with van der Waals surface area (Å²) < 4.78 is 0. The topological polar surface area (TPSA) is 24.9 Å². The lowest BCUT2D eigenvalue weighted by atomic mass is 10.1. The maximum absolute atomic E-state index is 6.13. The number of aromatic nitrogens is 1. The molecule has 0 amide bonds. The number of nitrogens with one attached hydrogen (secondary N) is 1. The maximum Gasteiger partial charge on any atom is 0.0702 e. The summed E-state index contributed by atoms with van der Waals surface area (Å²) in [5, 5.41) is 5.16. The summed E-state index contributed by atoms with van der Waals surface area (Å²) in [7, 11) is 0. The van der Waals surface area contributed by atoms with Crippen molar-refractivity contribution in [3.63, 3.8) is 0 Å². The van der Waals surface area contributed by atoms with E-state index in [1.54, 1.807) is 0 Å². The highest BCUT2D eigenvalue weighted by atomic mass is 35.5. The largest absolute Gasteiger partial charge is 0.312 e. The summed E-state index contributed by atoms with van der Waals surface area (Å²) in [6.45, 7) is 2.00. The van der Waals surface area contributed by atoms with Gasteiger partial charge in [-0.2, -0.15) is 0 Å². The summed E-state index contributed by atoms with van der Waals surface area (Å²) in [6.07, 6.45) is 5.44. The summed E-state index contributed by atoms with van der Waals surface area (Å²) >= 11 is 6.13. The molecule has 3 heteroatoms. The molecule has 1 saturated carbocycles. The molecule has 0 bridgehead atoms. The van der Waals surface area contributed by atoms with Gasteiger partial charge in [0.2, 0.25) is 0 Å². The third-order valence-corrected chi connectivity index (χ3v) is 4.30. The van der Waals surface area contributed by atoms with Gasteiger partial charge in [-0.05, 0) is 55.5 Å². The Hall–Kier alpha value is -1.12. The number of benzene rings is 1. The highest BCUT2D eigenvalue weighted by Gasteiger charge is 2.22. The van der Waals surface area contributed by atoms with Crippen LogP contribution < -0.4 is 5.32 Å². The second-order valence-electron chi connectivity index (χ2n) is 5.44. The van der Waals surface area contributed by atoms with Crippen molar-refractivity contribution in [2.45, 2.75) is 31.2 Å². The summed E-state index contributed by atoms with van der Waals surface area (Å²) in [4.78, 5) is 4.34. The molecule has 100 valence electrons. The number of halogens is 1. The highest BCUT2D eigenvalue weighted by Crippen LogP contribution is 2.28. The monoisotopic (exact) mass is 274 g/mol. The molecule has 1 fully saturated rings. The minimum Gasteiger partial charge on any atom is -0.312 e. The molecule has 0 radical (unpaired) electrons. The molecule has 3 rings (SSSR count). The van der Waals surface area contributed by atoms with Crippen LogP contribution in [0.1, 0.15) is 24.8 Å². The fourth-order valence-electron chi connectivity index (χ4n) is 2.86. The normalized spacial score (nSPS) is 23.0. The second kappa shape index (κ2) is 5.89. The number of rotatable bonds is 4. The molecule has 2 aromatic rings. The Kier molecular flexibility index (Phi) is 4.00. The fourth-order valence-corrected chi connectivity index (χ4v) is 3.23. The van der Waals surface area contributed by atoms with E-state index >= 15 is 0 Å². The van der Waals surface area contributed by atoms with E-state index in [1.807, 2.05) is 12.3 Å². The van der Waals surface area contributed by atoms with Crippen molar-refractivity contribution in [3.05, 3.63) is 42.1 Å². The van der Waals surface area contributed by atoms with Gasteiger partial charge in [-0.15, -0.1) is 11.6 Å². The molecular formula is C16H19ClN2. The third kappa shape index (κ3) is 3.26. The molecule has 1 aliphatic rings. The van der Waals surface area contributed by atoms with Crippen LogP contribution in [0.15, 0.2) is 36.5 Å². The Morgan fingerprint density at radius 2 is 2.21 bits per heavy atom. The summed E-state index contributed by atoms with van der Waals surface area (Å²) in [5.41, 5.74) is 2.38. The number of pyridine rings is 1. The molecule has 2 atom stereocenters. The lowest BCUT2D eigenvalue weighted by Gasteiger charge is -2.11. The molecule has 2 unspecified atom stereocenters. The summed E-state index contributed by atoms with van der Waals surface area (Å²) in [5.74, 6) is 0.754. The van der Waals surface area contributed by atoms with Gasteiger partial charge in [0.25, 0.3) is 0 Å². The van der Waals surface area contributed by atoms with Crippen molar-refractivity contribution >= 4 is 22.5 Å². The Balaban J connectivity index is 1.56. The number of hydrogen-bond acceptors (Lipinski definition) is 2. The van der Waals surface area contributed by atoms with Crippen molar-refractivity contribution in [1.29, 1.82) is 0 Å². The number of alkyl halides is 1. The molecule has 1 aromatic heterocycles. The Bertz CT molecular complexity index is 555. The first kappa shape index (κ1) is 12.9. The fraction of sp³-hybridized carbons (Fsp3) is 0.438. The summed E-state index contributed by atoms with van der Waals surface area (Å²) in [6, 6.07) is 10.6. The second-order valence-corrected chi connectivity index (χ2v) is 6.05. The lowest BCUT2D eigenvalue weighted by Crippen LogP contribution is -2.21. The van der Waals surface area contributed by atoms with Crippen LogP contribution in [0.25, 0.3) is 10.9 Å². The van der Waals surface area contributed by atoms with Crippen molar-refractivity contribution < 1.29 is 0 Å². The quantitative estimate of drug-likeness (QED) is 0.860. The van der Waals surface area contributed by atoms with E-state index in [-0.39, 0.29) is 0 Å². The Labute approximate surface area is 119 Å². The van der Waals surface area contributed by atoms with Crippen LogP contribution >= 0.6 is 11.6 Å². The predicted octanol–water partition coefficient (Wildman–Crippen LogP) is 3.73. The first-order valence-electron chi connectivity index (χ1n) is 7.00. The number of fused-ring (bicyclic) bond motifs is 1. The molecule has 0 saturated heterocycles. The van der Waals surface area contributed by atoms with Crippen LogP contribution in [0.3, 0.4) is 0 Å². The van der Waals surface area contributed by atoms with Crippen molar-refractivity contribution in [2.75, 3.05) is 6.54 Å². The lowest BCUT2D eigenvalue weighted by molar-refractivity contribution is 0.490. The first-order chi connectivity index (χ1) is 9.31. The van der Waals surface area contributed by atoms with Gasteiger partial charge in [0.1, 0.15) is 0 Å². The van der Waals surface area contributed by atoms with Gasteiger partial charge in [0.05, 0.1) is 5.52 Å². The first-order valence-corrected chi connectivity index (χ1v) is 7.43. The van der Waals surface area contributed by atoms with Gasteiger partial charge >= 0.3 is 0 Å². The third-order valence-electron chi connectivity index (χ3n) is 3.91. The molecule has 1 aliphatic carbocycles. The maximum atomic E-state index is 6.13. The van der Waals surface area contributed by atoms with E-state index < -0.39 is 0 Å². The van der Waals surface area contributed by atoms with Gasteiger partial charge in [-0.1, -0.05) is 12.1 Å². The average molecular weight is 275 g/mol. The Morgan fingerprint density at radius 1 is 1.26 bits per heavy atom. The van der Waals surface area contributed by atoms with Crippen LogP contribution in [0.4, 0.5) is 0 Å². The van der Waals surface area contributed by atoms with Gasteiger partial charge in [0.15, 0.2) is 0 Å². The smallest absolute Gasteiger partial charge is 0.0702 e. The SMILES string of the molecule is ClC1CCC(CNCc2ccc3ncccc3c2)C1. The van der Waals surface area contributed by atoms with Crippen LogP contribution in [0, 0.1) is 5.92 Å². The molecule has 1 heterocycles. The molecule has 1 aromatic carbocycles. The molecule has 1 N–H and O–H groups in total. The minimum atomic E-state index is 0.401. The van der Waals surface area contributed by atoms with Gasteiger partial charge < -0.3 is 5.32 Å². The molecule has 0 aliphatic heterocycles. The minimum absolute atomic E-state index is 0.401. The van der Waals surface area contributed by atoms with Crippen LogP contribution in [-0.4, -0.2) is 16.9 Å². The van der Waals surface area contributed by atoms with E-state index in [4.69, 9.17) is 11.6 Å². The zero-order valence-corrected chi connectivity index (χ0v) is 11.7. The molecular weight excluding hydrogens is 256 g/mol. The number of hydrogen-bond donors (Lipinski definition) is 1. The highest BCUT2D eigenvalue weighted by molar-refractivity contribution is 6.20. The molecule has 19 heavy (non-hydrogen) atoms. The van der Waals surface area contributed by atoms with E-state index in [9.17, 15) is 0 Å². The van der Waals surface area contributed by atoms with Crippen LogP contribution in [-0.2, 0) is 6.54 Å². The Morgan fingerprint density at radius 3 is 3.05 bits per heavy atom. The zero-order chi connectivity index (χ0) is 13.1. The van der Waals surface area contributed by atoms with E-state index in [2.05, 4.69) is 34.6 Å². The van der Waals surface area contributed by atoms with Gasteiger partial charge in [0, 0.05) is 23.5 Å². The zero-order valence-electron chi connectivity index (χ0n) is 11.0. The van der Waals surface area contributed by atoms with Crippen molar-refractivity contribution in [2.24, 2.45) is 5.92 Å². The molecule has 2 nitrogen and oxygen atoms in total. The van der Waals surface area contributed by atoms with E-state index in [0.717, 1.165) is 30.9 Å². The van der Waals surface area contributed by atoms with Gasteiger partial charge in [-0.25, -0.2) is 0 Å². The van der Waals surface area contributed by atoms with Crippen molar-refractivity contribution in [1.82, 2.24) is 10.3 Å². The van der Waals surface area contributed by atoms with Crippen LogP contribution in [0.5, 0.6) is 0 Å². The average Bonchev–Trinajstić information content (AvgIpc) is 2.84. The van der Waals surface area contributed by atoms with Crippen molar-refractivity contribution in [3.8, 4) is 0 Å². The predicted molar refractivity (Wildman–Crippen MR) is 80.4 cm³/mol.